The molecule has 0 aliphatic carbocycles. The number of unbranched alkanes of at least 4 members (excludes halogenated alkanes) is 1. The van der Waals surface area contributed by atoms with Crippen molar-refractivity contribution in [2.75, 3.05) is 6.61 Å². The lowest BCUT2D eigenvalue weighted by atomic mass is 10.0. The van der Waals surface area contributed by atoms with Crippen molar-refractivity contribution in [1.29, 1.82) is 0 Å². The Morgan fingerprint density at radius 3 is 1.97 bits per heavy atom. The first-order chi connectivity index (χ1) is 18.6. The quantitative estimate of drug-likeness (QED) is 0.195. The van der Waals surface area contributed by atoms with Crippen molar-refractivity contribution in [2.45, 2.75) is 19.8 Å². The monoisotopic (exact) mass is 518 g/mol. The van der Waals surface area contributed by atoms with E-state index in [0.29, 0.717) is 17.0 Å². The first kappa shape index (κ1) is 25.4. The maximum absolute atomic E-state index is 13.1. The van der Waals surface area contributed by atoms with Gasteiger partial charge < -0.3 is 9.30 Å². The van der Waals surface area contributed by atoms with E-state index in [1.807, 2.05) is 60.1 Å². The fourth-order valence-electron chi connectivity index (χ4n) is 4.29. The van der Waals surface area contributed by atoms with Gasteiger partial charge in [0.05, 0.1) is 17.2 Å². The van der Waals surface area contributed by atoms with E-state index in [-0.39, 0.29) is 5.91 Å². The van der Waals surface area contributed by atoms with E-state index in [1.165, 1.54) is 16.9 Å². The van der Waals surface area contributed by atoms with Crippen molar-refractivity contribution < 1.29 is 9.53 Å². The van der Waals surface area contributed by atoms with Crippen molar-refractivity contribution in [1.82, 2.24) is 4.57 Å². The third-order valence-electron chi connectivity index (χ3n) is 6.40. The summed E-state index contributed by atoms with van der Waals surface area (Å²) in [6, 6.07) is 36.4. The highest BCUT2D eigenvalue weighted by Crippen LogP contribution is 2.35. The van der Waals surface area contributed by atoms with E-state index in [1.54, 1.807) is 12.1 Å². The number of rotatable bonds is 8. The maximum Gasteiger partial charge on any atom is 0.279 e. The van der Waals surface area contributed by atoms with Crippen LogP contribution in [0.2, 0.25) is 0 Å². The SMILES string of the molecule is CCCCOc1ccc(C(=O)N=c2sc(-c3ccccc3)c(-c3ccc(-c4ccccc4)cc3)n2C)cc1. The summed E-state index contributed by atoms with van der Waals surface area (Å²) >= 11 is 1.53. The summed E-state index contributed by atoms with van der Waals surface area (Å²) in [5.41, 5.74) is 6.08. The summed E-state index contributed by atoms with van der Waals surface area (Å²) in [6.45, 7) is 2.81. The molecule has 0 saturated carbocycles. The molecule has 0 radical (unpaired) electrons. The van der Waals surface area contributed by atoms with Gasteiger partial charge in [-0.3, -0.25) is 4.79 Å². The van der Waals surface area contributed by atoms with E-state index in [9.17, 15) is 4.79 Å². The van der Waals surface area contributed by atoms with Crippen LogP contribution >= 0.6 is 11.3 Å². The predicted octanol–water partition coefficient (Wildman–Crippen LogP) is 8.01. The van der Waals surface area contributed by atoms with Crippen molar-refractivity contribution in [3.05, 3.63) is 120 Å². The highest BCUT2D eigenvalue weighted by molar-refractivity contribution is 7.13. The maximum atomic E-state index is 13.1. The Bertz CT molecular complexity index is 1570. The van der Waals surface area contributed by atoms with Gasteiger partial charge in [0, 0.05) is 12.6 Å². The minimum Gasteiger partial charge on any atom is -0.494 e. The molecule has 4 nitrogen and oxygen atoms in total. The molecule has 5 heteroatoms. The molecule has 0 saturated heterocycles. The van der Waals surface area contributed by atoms with Crippen molar-refractivity contribution in [3.63, 3.8) is 0 Å². The van der Waals surface area contributed by atoms with Crippen LogP contribution in [0.3, 0.4) is 0 Å². The third-order valence-corrected chi connectivity index (χ3v) is 7.58. The number of nitrogens with zero attached hydrogens (tertiary/aromatic N) is 2. The number of amides is 1. The number of benzene rings is 4. The minimum absolute atomic E-state index is 0.271. The normalized spacial score (nSPS) is 11.5. The zero-order chi connectivity index (χ0) is 26.3. The van der Waals surface area contributed by atoms with Gasteiger partial charge in [-0.25, -0.2) is 0 Å². The molecule has 0 atom stereocenters. The first-order valence-corrected chi connectivity index (χ1v) is 13.7. The molecular formula is C33H30N2O2S. The lowest BCUT2D eigenvalue weighted by molar-refractivity contribution is 0.0998. The molecule has 5 aromatic rings. The van der Waals surface area contributed by atoms with Crippen molar-refractivity contribution in [2.24, 2.45) is 12.0 Å². The number of thiazole rings is 1. The minimum atomic E-state index is -0.271. The predicted molar refractivity (Wildman–Crippen MR) is 156 cm³/mol. The van der Waals surface area contributed by atoms with Crippen molar-refractivity contribution in [3.8, 4) is 38.6 Å². The van der Waals surface area contributed by atoms with Crippen LogP contribution in [0.4, 0.5) is 0 Å². The number of carbonyl (C=O) groups excluding carboxylic acids is 1. The van der Waals surface area contributed by atoms with Crippen LogP contribution in [-0.2, 0) is 7.05 Å². The smallest absolute Gasteiger partial charge is 0.279 e. The number of hydrogen-bond donors (Lipinski definition) is 0. The Morgan fingerprint density at radius 2 is 1.34 bits per heavy atom. The van der Waals surface area contributed by atoms with Crippen LogP contribution in [0.5, 0.6) is 5.75 Å². The Morgan fingerprint density at radius 1 is 0.763 bits per heavy atom. The standard InChI is InChI=1S/C33H30N2O2S/c1-3-4-23-37-29-21-19-28(20-22-29)32(36)34-33-35(2)30(31(38-33)27-13-9-6-10-14-27)26-17-15-25(16-18-26)24-11-7-5-8-12-24/h5-22H,3-4,23H2,1-2H3. The molecule has 38 heavy (non-hydrogen) atoms. The second-order valence-electron chi connectivity index (χ2n) is 9.07. The highest BCUT2D eigenvalue weighted by Gasteiger charge is 2.16. The van der Waals surface area contributed by atoms with Crippen LogP contribution in [-0.4, -0.2) is 17.1 Å². The lowest BCUT2D eigenvalue weighted by Crippen LogP contribution is -2.14. The van der Waals surface area contributed by atoms with Gasteiger partial charge in [-0.2, -0.15) is 4.99 Å². The average Bonchev–Trinajstić information content (AvgIpc) is 3.30. The van der Waals surface area contributed by atoms with Crippen LogP contribution < -0.4 is 9.54 Å². The number of ether oxygens (including phenoxy) is 1. The molecule has 1 amide bonds. The van der Waals surface area contributed by atoms with Crippen molar-refractivity contribution >= 4 is 17.2 Å². The van der Waals surface area contributed by atoms with E-state index in [0.717, 1.165) is 45.9 Å². The van der Waals surface area contributed by atoms with Gasteiger partial charge in [-0.05, 0) is 52.9 Å². The van der Waals surface area contributed by atoms with Gasteiger partial charge >= 0.3 is 0 Å². The summed E-state index contributed by atoms with van der Waals surface area (Å²) in [4.78, 5) is 19.4. The Kier molecular flexibility index (Phi) is 7.95. The molecule has 4 aromatic carbocycles. The molecule has 0 bridgehead atoms. The zero-order valence-electron chi connectivity index (χ0n) is 21.6. The fraction of sp³-hybridized carbons (Fsp3) is 0.152. The molecule has 190 valence electrons. The summed E-state index contributed by atoms with van der Waals surface area (Å²) < 4.78 is 7.75. The molecule has 1 heterocycles. The Labute approximate surface area is 227 Å². The lowest BCUT2D eigenvalue weighted by Gasteiger charge is -2.09. The highest BCUT2D eigenvalue weighted by atomic mass is 32.1. The van der Waals surface area contributed by atoms with Gasteiger partial charge in [-0.15, -0.1) is 0 Å². The van der Waals surface area contributed by atoms with Gasteiger partial charge in [-0.1, -0.05) is 110 Å². The molecular weight excluding hydrogens is 488 g/mol. The molecule has 5 rings (SSSR count). The van der Waals surface area contributed by atoms with Gasteiger partial charge in [0.25, 0.3) is 5.91 Å². The number of hydrogen-bond acceptors (Lipinski definition) is 3. The van der Waals surface area contributed by atoms with E-state index in [4.69, 9.17) is 4.74 Å². The van der Waals surface area contributed by atoms with Crippen LogP contribution in [0.15, 0.2) is 114 Å². The van der Waals surface area contributed by atoms with Crippen LogP contribution in [0.1, 0.15) is 30.1 Å². The third kappa shape index (κ3) is 5.68. The van der Waals surface area contributed by atoms with E-state index >= 15 is 0 Å². The zero-order valence-corrected chi connectivity index (χ0v) is 22.4. The molecule has 0 fully saturated rings. The van der Waals surface area contributed by atoms with Gasteiger partial charge in [0.1, 0.15) is 5.75 Å². The molecule has 1 aromatic heterocycles. The topological polar surface area (TPSA) is 43.6 Å². The fourth-order valence-corrected chi connectivity index (χ4v) is 5.44. The molecule has 0 aliphatic heterocycles. The van der Waals surface area contributed by atoms with Gasteiger partial charge in [0.15, 0.2) is 4.80 Å². The number of carbonyl (C=O) groups is 1. The summed E-state index contributed by atoms with van der Waals surface area (Å²) in [5.74, 6) is 0.497. The first-order valence-electron chi connectivity index (χ1n) is 12.9. The Balaban J connectivity index is 1.51. The van der Waals surface area contributed by atoms with E-state index in [2.05, 4.69) is 60.4 Å². The molecule has 0 unspecified atom stereocenters. The number of aromatic nitrogens is 1. The molecule has 0 N–H and O–H groups in total. The summed E-state index contributed by atoms with van der Waals surface area (Å²) in [7, 11) is 1.97. The average molecular weight is 519 g/mol. The molecule has 0 aliphatic rings. The summed E-state index contributed by atoms with van der Waals surface area (Å²) in [5, 5.41) is 0. The Hall–Kier alpha value is -4.22. The second-order valence-corrected chi connectivity index (χ2v) is 10.1. The van der Waals surface area contributed by atoms with Gasteiger partial charge in [0.2, 0.25) is 0 Å². The summed E-state index contributed by atoms with van der Waals surface area (Å²) in [6.07, 6.45) is 2.09. The van der Waals surface area contributed by atoms with E-state index < -0.39 is 0 Å². The largest absolute Gasteiger partial charge is 0.494 e. The van der Waals surface area contributed by atoms with Crippen LogP contribution in [0.25, 0.3) is 32.8 Å². The molecule has 0 spiro atoms. The second kappa shape index (κ2) is 11.9. The van der Waals surface area contributed by atoms with Crippen LogP contribution in [0, 0.1) is 0 Å².